The molecule has 3 aromatic rings. The Bertz CT molecular complexity index is 1040. The summed E-state index contributed by atoms with van der Waals surface area (Å²) in [6, 6.07) is 14.6. The lowest BCUT2D eigenvalue weighted by Gasteiger charge is -2.38. The highest BCUT2D eigenvalue weighted by molar-refractivity contribution is 6.01. The fraction of sp³-hybridized carbons (Fsp3) is 0.348. The van der Waals surface area contributed by atoms with Crippen LogP contribution in [-0.2, 0) is 5.41 Å². The fourth-order valence-electron chi connectivity index (χ4n) is 4.75. The first-order chi connectivity index (χ1) is 13.1. The largest absolute Gasteiger partial charge is 0.492 e. The Morgan fingerprint density at radius 2 is 1.85 bits per heavy atom. The van der Waals surface area contributed by atoms with Gasteiger partial charge >= 0.3 is 0 Å². The molecule has 0 aliphatic carbocycles. The van der Waals surface area contributed by atoms with Crippen molar-refractivity contribution in [2.75, 3.05) is 19.7 Å². The number of nitrogens with one attached hydrogen (secondary N) is 1. The van der Waals surface area contributed by atoms with E-state index in [-0.39, 0.29) is 11.3 Å². The van der Waals surface area contributed by atoms with Gasteiger partial charge in [0.1, 0.15) is 11.4 Å². The van der Waals surface area contributed by atoms with E-state index in [9.17, 15) is 4.79 Å². The van der Waals surface area contributed by atoms with Crippen molar-refractivity contribution >= 4 is 16.8 Å². The molecule has 4 nitrogen and oxygen atoms in total. The average Bonchev–Trinajstić information content (AvgIpc) is 3.22. The first kappa shape index (κ1) is 16.4. The first-order valence-electron chi connectivity index (χ1n) is 9.69. The maximum atomic E-state index is 13.2. The Kier molecular flexibility index (Phi) is 3.58. The lowest BCUT2D eigenvalue weighted by atomic mass is 9.74. The number of carbonyl (C=O) groups excluding carboxylic acids is 1. The smallest absolute Gasteiger partial charge is 0.270 e. The Balaban J connectivity index is 1.40. The van der Waals surface area contributed by atoms with Crippen molar-refractivity contribution in [3.8, 4) is 5.75 Å². The normalized spacial score (nSPS) is 17.9. The summed E-state index contributed by atoms with van der Waals surface area (Å²) in [7, 11) is 0. The minimum Gasteiger partial charge on any atom is -0.492 e. The third-order valence-electron chi connectivity index (χ3n) is 6.49. The van der Waals surface area contributed by atoms with Crippen LogP contribution in [0.4, 0.5) is 0 Å². The summed E-state index contributed by atoms with van der Waals surface area (Å²) in [5, 5.41) is 1.14. The van der Waals surface area contributed by atoms with Gasteiger partial charge in [0.05, 0.1) is 6.61 Å². The Labute approximate surface area is 159 Å². The number of aromatic amines is 1. The van der Waals surface area contributed by atoms with Crippen molar-refractivity contribution in [1.29, 1.82) is 0 Å². The molecule has 0 radical (unpaired) electrons. The SMILES string of the molecule is Cc1c(C(=O)N2CCC3(CC2)COc2ccccc23)[nH]c2c(C)cccc12. The van der Waals surface area contributed by atoms with Crippen LogP contribution in [-0.4, -0.2) is 35.5 Å². The number of rotatable bonds is 1. The average molecular weight is 360 g/mol. The maximum absolute atomic E-state index is 13.2. The molecule has 1 N–H and O–H groups in total. The van der Waals surface area contributed by atoms with Crippen molar-refractivity contribution in [3.05, 3.63) is 64.8 Å². The van der Waals surface area contributed by atoms with Crippen molar-refractivity contribution in [3.63, 3.8) is 0 Å². The summed E-state index contributed by atoms with van der Waals surface area (Å²) in [6.07, 6.45) is 1.90. The van der Waals surface area contributed by atoms with Crippen LogP contribution < -0.4 is 4.74 Å². The molecule has 2 aromatic carbocycles. The van der Waals surface area contributed by atoms with Crippen LogP contribution >= 0.6 is 0 Å². The number of hydrogen-bond acceptors (Lipinski definition) is 2. The van der Waals surface area contributed by atoms with Crippen LogP contribution in [0, 0.1) is 13.8 Å². The quantitative estimate of drug-likeness (QED) is 0.701. The van der Waals surface area contributed by atoms with Gasteiger partial charge in [0.25, 0.3) is 5.91 Å². The number of hydrogen-bond donors (Lipinski definition) is 1. The topological polar surface area (TPSA) is 45.3 Å². The lowest BCUT2D eigenvalue weighted by molar-refractivity contribution is 0.0641. The number of piperidine rings is 1. The number of benzene rings is 2. The van der Waals surface area contributed by atoms with E-state index in [1.807, 2.05) is 17.9 Å². The van der Waals surface area contributed by atoms with Gasteiger partial charge < -0.3 is 14.6 Å². The van der Waals surface area contributed by atoms with Gasteiger partial charge in [-0.2, -0.15) is 0 Å². The van der Waals surface area contributed by atoms with E-state index in [2.05, 4.69) is 48.3 Å². The van der Waals surface area contributed by atoms with Crippen molar-refractivity contribution in [2.45, 2.75) is 32.1 Å². The van der Waals surface area contributed by atoms with Gasteiger partial charge in [-0.1, -0.05) is 36.4 Å². The van der Waals surface area contributed by atoms with Crippen LogP contribution in [0.15, 0.2) is 42.5 Å². The van der Waals surface area contributed by atoms with E-state index < -0.39 is 0 Å². The molecule has 3 heterocycles. The molecule has 2 aliphatic rings. The number of fused-ring (bicyclic) bond motifs is 3. The molecule has 138 valence electrons. The first-order valence-corrected chi connectivity index (χ1v) is 9.69. The van der Waals surface area contributed by atoms with Gasteiger partial charge in [-0.25, -0.2) is 0 Å². The molecule has 1 saturated heterocycles. The minimum absolute atomic E-state index is 0.0689. The zero-order valence-corrected chi connectivity index (χ0v) is 15.8. The van der Waals surface area contributed by atoms with E-state index in [0.29, 0.717) is 0 Å². The van der Waals surface area contributed by atoms with Crippen molar-refractivity contribution in [1.82, 2.24) is 9.88 Å². The molecule has 1 aromatic heterocycles. The number of amides is 1. The third-order valence-corrected chi connectivity index (χ3v) is 6.49. The molecule has 5 rings (SSSR count). The van der Waals surface area contributed by atoms with Gasteiger partial charge in [-0.3, -0.25) is 4.79 Å². The highest BCUT2D eigenvalue weighted by atomic mass is 16.5. The lowest BCUT2D eigenvalue weighted by Crippen LogP contribution is -2.46. The van der Waals surface area contributed by atoms with Crippen molar-refractivity contribution < 1.29 is 9.53 Å². The van der Waals surface area contributed by atoms with E-state index in [1.165, 1.54) is 11.1 Å². The molecule has 27 heavy (non-hydrogen) atoms. The zero-order valence-electron chi connectivity index (χ0n) is 15.8. The van der Waals surface area contributed by atoms with Gasteiger partial charge in [-0.15, -0.1) is 0 Å². The number of carbonyl (C=O) groups is 1. The molecular formula is C23H24N2O2. The standard InChI is InChI=1S/C23H24N2O2/c1-15-6-5-7-17-16(2)21(24-20(15)17)22(26)25-12-10-23(11-13-25)14-27-19-9-4-3-8-18(19)23/h3-9,24H,10-14H2,1-2H3. The molecular weight excluding hydrogens is 336 g/mol. The number of ether oxygens (including phenoxy) is 1. The van der Waals surface area contributed by atoms with Gasteiger partial charge in [-0.05, 0) is 43.9 Å². The molecule has 1 amide bonds. The summed E-state index contributed by atoms with van der Waals surface area (Å²) in [5.41, 5.74) is 5.41. The van der Waals surface area contributed by atoms with Gasteiger partial charge in [0.15, 0.2) is 0 Å². The number of aryl methyl sites for hydroxylation is 2. The second-order valence-electron chi connectivity index (χ2n) is 7.98. The summed E-state index contributed by atoms with van der Waals surface area (Å²) in [5.74, 6) is 1.13. The van der Waals surface area contributed by atoms with Crippen molar-refractivity contribution in [2.24, 2.45) is 0 Å². The number of aromatic nitrogens is 1. The van der Waals surface area contributed by atoms with Crippen LogP contribution in [0.3, 0.4) is 0 Å². The monoisotopic (exact) mass is 360 g/mol. The molecule has 1 spiro atoms. The number of H-pyrrole nitrogens is 1. The summed E-state index contributed by atoms with van der Waals surface area (Å²) in [6.45, 7) is 6.39. The molecule has 2 aliphatic heterocycles. The number of para-hydroxylation sites is 2. The van der Waals surface area contributed by atoms with E-state index >= 15 is 0 Å². The molecule has 0 bridgehead atoms. The summed E-state index contributed by atoms with van der Waals surface area (Å²) >= 11 is 0. The zero-order chi connectivity index (χ0) is 18.6. The highest BCUT2D eigenvalue weighted by Gasteiger charge is 2.43. The van der Waals surface area contributed by atoms with Crippen LogP contribution in [0.5, 0.6) is 5.75 Å². The summed E-state index contributed by atoms with van der Waals surface area (Å²) in [4.78, 5) is 18.6. The van der Waals surface area contributed by atoms with Crippen LogP contribution in [0.1, 0.15) is 40.0 Å². The van der Waals surface area contributed by atoms with E-state index in [1.54, 1.807) is 0 Å². The third kappa shape index (κ3) is 2.39. The van der Waals surface area contributed by atoms with E-state index in [0.717, 1.165) is 60.4 Å². The predicted octanol–water partition coefficient (Wildman–Crippen LogP) is 4.35. The Morgan fingerprint density at radius 3 is 2.63 bits per heavy atom. The van der Waals surface area contributed by atoms with Gasteiger partial charge in [0, 0.05) is 35.0 Å². The van der Waals surface area contributed by atoms with Crippen LogP contribution in [0.25, 0.3) is 10.9 Å². The molecule has 1 fully saturated rings. The molecule has 0 saturated carbocycles. The number of likely N-dealkylation sites (tertiary alicyclic amines) is 1. The maximum Gasteiger partial charge on any atom is 0.270 e. The number of nitrogens with zero attached hydrogens (tertiary/aromatic N) is 1. The minimum atomic E-state index is 0.0689. The fourth-order valence-corrected chi connectivity index (χ4v) is 4.75. The Hall–Kier alpha value is -2.75. The van der Waals surface area contributed by atoms with Gasteiger partial charge in [0.2, 0.25) is 0 Å². The molecule has 0 atom stereocenters. The van der Waals surface area contributed by atoms with E-state index in [4.69, 9.17) is 4.74 Å². The predicted molar refractivity (Wildman–Crippen MR) is 107 cm³/mol. The summed E-state index contributed by atoms with van der Waals surface area (Å²) < 4.78 is 5.93. The Morgan fingerprint density at radius 1 is 1.07 bits per heavy atom. The highest BCUT2D eigenvalue weighted by Crippen LogP contribution is 2.45. The molecule has 4 heteroatoms. The molecule has 0 unspecified atom stereocenters. The van der Waals surface area contributed by atoms with Crippen LogP contribution in [0.2, 0.25) is 0 Å². The second kappa shape index (κ2) is 5.88. The second-order valence-corrected chi connectivity index (χ2v) is 7.98.